The minimum absolute atomic E-state index is 0.223. The lowest BCUT2D eigenvalue weighted by Crippen LogP contribution is -2.38. The normalized spacial score (nSPS) is 12.8. The van der Waals surface area contributed by atoms with Gasteiger partial charge in [0, 0.05) is 19.6 Å². The van der Waals surface area contributed by atoms with Crippen LogP contribution in [0.5, 0.6) is 0 Å². The van der Waals surface area contributed by atoms with Crippen molar-refractivity contribution in [1.82, 2.24) is 25.4 Å². The van der Waals surface area contributed by atoms with E-state index < -0.39 is 0 Å². The molecule has 6 heteroatoms. The molecule has 1 unspecified atom stereocenters. The van der Waals surface area contributed by atoms with Gasteiger partial charge in [-0.25, -0.2) is 0 Å². The molecule has 25 heavy (non-hydrogen) atoms. The largest absolute Gasteiger partial charge is 0.357 e. The third-order valence-electron chi connectivity index (χ3n) is 4.15. The van der Waals surface area contributed by atoms with Crippen LogP contribution in [0.25, 0.3) is 0 Å². The first kappa shape index (κ1) is 19.0. The summed E-state index contributed by atoms with van der Waals surface area (Å²) in [5.41, 5.74) is 2.64. The number of rotatable bonds is 9. The third-order valence-corrected chi connectivity index (χ3v) is 4.15. The van der Waals surface area contributed by atoms with Gasteiger partial charge in [-0.3, -0.25) is 4.99 Å². The predicted octanol–water partition coefficient (Wildman–Crippen LogP) is 2.94. The van der Waals surface area contributed by atoms with Crippen LogP contribution in [0, 0.1) is 0 Å². The molecule has 0 aliphatic carbocycles. The van der Waals surface area contributed by atoms with Crippen LogP contribution < -0.4 is 10.6 Å². The minimum Gasteiger partial charge on any atom is -0.357 e. The maximum absolute atomic E-state index is 4.69. The first-order chi connectivity index (χ1) is 12.2. The lowest BCUT2D eigenvalue weighted by atomic mass is 10.1. The molecule has 2 rings (SSSR count). The number of nitrogens with zero attached hydrogens (tertiary/aromatic N) is 4. The molecule has 1 heterocycles. The molecule has 2 aromatic rings. The van der Waals surface area contributed by atoms with Gasteiger partial charge in [0.05, 0.1) is 6.04 Å². The van der Waals surface area contributed by atoms with E-state index >= 15 is 0 Å². The molecule has 1 atom stereocenters. The fourth-order valence-corrected chi connectivity index (χ4v) is 2.59. The van der Waals surface area contributed by atoms with Crippen LogP contribution in [0.4, 0.5) is 0 Å². The Morgan fingerprint density at radius 3 is 2.48 bits per heavy atom. The number of nitrogens with one attached hydrogen (secondary N) is 2. The smallest absolute Gasteiger partial charge is 0.191 e. The van der Waals surface area contributed by atoms with Crippen molar-refractivity contribution in [2.75, 3.05) is 13.1 Å². The van der Waals surface area contributed by atoms with Gasteiger partial charge in [0.25, 0.3) is 0 Å². The summed E-state index contributed by atoms with van der Waals surface area (Å²) in [7, 11) is 0. The number of hydrogen-bond donors (Lipinski definition) is 2. The molecular formula is C19H30N6. The molecule has 1 aromatic carbocycles. The standard InChI is InChI=1S/C19H30N6/c1-4-17-8-10-18(11-9-17)16(3)24-19(20-5-2)21-12-6-7-13-25-14-22-23-15-25/h8-11,14-16H,4-7,12-13H2,1-3H3,(H2,20,21,24). The molecule has 0 saturated heterocycles. The van der Waals surface area contributed by atoms with Crippen molar-refractivity contribution < 1.29 is 0 Å². The van der Waals surface area contributed by atoms with Crippen molar-refractivity contribution in [2.24, 2.45) is 4.99 Å². The predicted molar refractivity (Wildman–Crippen MR) is 103 cm³/mol. The van der Waals surface area contributed by atoms with E-state index in [9.17, 15) is 0 Å². The Bertz CT molecular complexity index is 618. The van der Waals surface area contributed by atoms with Gasteiger partial charge in [0.15, 0.2) is 5.96 Å². The van der Waals surface area contributed by atoms with Crippen LogP contribution in [0.3, 0.4) is 0 Å². The van der Waals surface area contributed by atoms with Gasteiger partial charge < -0.3 is 15.2 Å². The highest BCUT2D eigenvalue weighted by molar-refractivity contribution is 5.80. The second-order valence-corrected chi connectivity index (χ2v) is 6.13. The first-order valence-corrected chi connectivity index (χ1v) is 9.19. The highest BCUT2D eigenvalue weighted by atomic mass is 15.2. The van der Waals surface area contributed by atoms with Crippen molar-refractivity contribution in [3.63, 3.8) is 0 Å². The van der Waals surface area contributed by atoms with Crippen LogP contribution in [-0.4, -0.2) is 33.8 Å². The van der Waals surface area contributed by atoms with Crippen LogP contribution >= 0.6 is 0 Å². The van der Waals surface area contributed by atoms with Gasteiger partial charge in [-0.2, -0.15) is 0 Å². The number of aryl methyl sites for hydroxylation is 2. The van der Waals surface area contributed by atoms with Gasteiger partial charge >= 0.3 is 0 Å². The summed E-state index contributed by atoms with van der Waals surface area (Å²) < 4.78 is 2.00. The Balaban J connectivity index is 1.81. The van der Waals surface area contributed by atoms with E-state index in [0.717, 1.165) is 44.9 Å². The summed E-state index contributed by atoms with van der Waals surface area (Å²) in [6.07, 6.45) is 6.67. The van der Waals surface area contributed by atoms with E-state index in [1.165, 1.54) is 11.1 Å². The number of aliphatic imine (C=N–C) groups is 1. The topological polar surface area (TPSA) is 67.1 Å². The van der Waals surface area contributed by atoms with Gasteiger partial charge in [-0.05, 0) is 44.2 Å². The zero-order chi connectivity index (χ0) is 17.9. The SMILES string of the molecule is CCNC(=NCCCCn1cnnc1)NC(C)c1ccc(CC)cc1. The average Bonchev–Trinajstić information content (AvgIpc) is 3.15. The number of hydrogen-bond acceptors (Lipinski definition) is 3. The molecule has 1 aromatic heterocycles. The molecule has 0 spiro atoms. The molecule has 0 bridgehead atoms. The van der Waals surface area contributed by atoms with E-state index in [1.807, 2.05) is 4.57 Å². The van der Waals surface area contributed by atoms with Crippen molar-refractivity contribution in [1.29, 1.82) is 0 Å². The maximum atomic E-state index is 4.69. The number of unbranched alkanes of at least 4 members (excludes halogenated alkanes) is 1. The second kappa shape index (κ2) is 10.5. The van der Waals surface area contributed by atoms with E-state index in [1.54, 1.807) is 12.7 Å². The van der Waals surface area contributed by atoms with Crippen LogP contribution in [0.15, 0.2) is 41.9 Å². The van der Waals surface area contributed by atoms with Crippen LogP contribution in [-0.2, 0) is 13.0 Å². The van der Waals surface area contributed by atoms with Gasteiger partial charge in [0.2, 0.25) is 0 Å². The highest BCUT2D eigenvalue weighted by Gasteiger charge is 2.07. The summed E-state index contributed by atoms with van der Waals surface area (Å²) in [6.45, 7) is 9.03. The Kier molecular flexibility index (Phi) is 7.95. The molecule has 2 N–H and O–H groups in total. The lowest BCUT2D eigenvalue weighted by Gasteiger charge is -2.18. The monoisotopic (exact) mass is 342 g/mol. The second-order valence-electron chi connectivity index (χ2n) is 6.13. The molecule has 0 amide bonds. The molecule has 0 aliphatic heterocycles. The van der Waals surface area contributed by atoms with Crippen LogP contribution in [0.1, 0.15) is 50.8 Å². The molecule has 0 saturated carbocycles. The summed E-state index contributed by atoms with van der Waals surface area (Å²) in [6, 6.07) is 9.00. The maximum Gasteiger partial charge on any atom is 0.191 e. The molecule has 0 fully saturated rings. The Labute approximate surface area is 150 Å². The molecule has 136 valence electrons. The Morgan fingerprint density at radius 2 is 1.84 bits per heavy atom. The molecule has 0 radical (unpaired) electrons. The summed E-state index contributed by atoms with van der Waals surface area (Å²) >= 11 is 0. The van der Waals surface area contributed by atoms with Crippen molar-refractivity contribution in [2.45, 2.75) is 52.6 Å². The van der Waals surface area contributed by atoms with E-state index in [-0.39, 0.29) is 6.04 Å². The van der Waals surface area contributed by atoms with Crippen LogP contribution in [0.2, 0.25) is 0 Å². The fraction of sp³-hybridized carbons (Fsp3) is 0.526. The van der Waals surface area contributed by atoms with Crippen molar-refractivity contribution in [3.05, 3.63) is 48.0 Å². The quantitative estimate of drug-likeness (QED) is 0.418. The summed E-state index contributed by atoms with van der Waals surface area (Å²) in [5, 5.41) is 14.4. The van der Waals surface area contributed by atoms with Gasteiger partial charge in [-0.1, -0.05) is 31.2 Å². The van der Waals surface area contributed by atoms with Crippen molar-refractivity contribution >= 4 is 5.96 Å². The Hall–Kier alpha value is -2.37. The van der Waals surface area contributed by atoms with Gasteiger partial charge in [0.1, 0.15) is 12.7 Å². The first-order valence-electron chi connectivity index (χ1n) is 9.19. The van der Waals surface area contributed by atoms with Crippen molar-refractivity contribution in [3.8, 4) is 0 Å². The molecule has 6 nitrogen and oxygen atoms in total. The van der Waals surface area contributed by atoms with E-state index in [4.69, 9.17) is 0 Å². The summed E-state index contributed by atoms with van der Waals surface area (Å²) in [4.78, 5) is 4.69. The summed E-state index contributed by atoms with van der Waals surface area (Å²) in [5.74, 6) is 0.874. The van der Waals surface area contributed by atoms with E-state index in [2.05, 4.69) is 70.9 Å². The highest BCUT2D eigenvalue weighted by Crippen LogP contribution is 2.13. The lowest BCUT2D eigenvalue weighted by molar-refractivity contribution is 0.609. The molecule has 0 aliphatic rings. The van der Waals surface area contributed by atoms with Gasteiger partial charge in [-0.15, -0.1) is 10.2 Å². The fourth-order valence-electron chi connectivity index (χ4n) is 2.59. The number of guanidine groups is 1. The average molecular weight is 342 g/mol. The zero-order valence-electron chi connectivity index (χ0n) is 15.6. The molecular weight excluding hydrogens is 312 g/mol. The Morgan fingerprint density at radius 1 is 1.12 bits per heavy atom. The number of benzene rings is 1. The zero-order valence-corrected chi connectivity index (χ0v) is 15.6. The minimum atomic E-state index is 0.223. The number of aromatic nitrogens is 3. The van der Waals surface area contributed by atoms with E-state index in [0.29, 0.717) is 0 Å². The third kappa shape index (κ3) is 6.57.